The van der Waals surface area contributed by atoms with Crippen molar-refractivity contribution < 1.29 is 39.9 Å². The molecule has 1 saturated heterocycles. The summed E-state index contributed by atoms with van der Waals surface area (Å²) in [6.07, 6.45) is 5.64. The lowest BCUT2D eigenvalue weighted by Gasteiger charge is -2.58. The molecular formula is C23H31NO8. The lowest BCUT2D eigenvalue weighted by molar-refractivity contribution is -0.170. The van der Waals surface area contributed by atoms with E-state index >= 15 is 0 Å². The zero-order valence-electron chi connectivity index (χ0n) is 18.2. The summed E-state index contributed by atoms with van der Waals surface area (Å²) in [4.78, 5) is 33.1. The third kappa shape index (κ3) is 4.59. The fourth-order valence-electron chi connectivity index (χ4n) is 5.90. The van der Waals surface area contributed by atoms with Crippen LogP contribution in [0.25, 0.3) is 0 Å². The molecule has 176 valence electrons. The number of nitrogens with zero attached hydrogens (tertiary/aromatic N) is 1. The number of carboxylic acids is 3. The van der Waals surface area contributed by atoms with Gasteiger partial charge >= 0.3 is 17.9 Å². The Hall–Kier alpha value is -2.65. The van der Waals surface area contributed by atoms with E-state index in [4.69, 9.17) is 20.4 Å². The van der Waals surface area contributed by atoms with Gasteiger partial charge in [0.15, 0.2) is 5.60 Å². The molecule has 0 spiro atoms. The van der Waals surface area contributed by atoms with Crippen LogP contribution in [0.1, 0.15) is 56.1 Å². The fourth-order valence-corrected chi connectivity index (χ4v) is 5.90. The fraction of sp³-hybridized carbons (Fsp3) is 0.609. The summed E-state index contributed by atoms with van der Waals surface area (Å²) < 4.78 is 0. The van der Waals surface area contributed by atoms with Crippen molar-refractivity contribution in [2.24, 2.45) is 5.92 Å². The Balaban J connectivity index is 0.000000198. The first kappa shape index (κ1) is 24.0. The number of carbonyl (C=O) groups is 3. The number of aliphatic hydroxyl groups is 1. The first-order chi connectivity index (χ1) is 15.0. The van der Waals surface area contributed by atoms with E-state index in [1.165, 1.54) is 56.2 Å². The summed E-state index contributed by atoms with van der Waals surface area (Å²) in [6, 6.07) is 6.85. The molecule has 2 bridgehead atoms. The van der Waals surface area contributed by atoms with Gasteiger partial charge in [-0.3, -0.25) is 9.59 Å². The number of piperidine rings is 1. The minimum atomic E-state index is -2.74. The van der Waals surface area contributed by atoms with E-state index in [0.29, 0.717) is 11.2 Å². The number of hydrogen-bond donors (Lipinski definition) is 5. The smallest absolute Gasteiger partial charge is 0.336 e. The normalized spacial score (nSPS) is 26.7. The molecule has 3 atom stereocenters. The first-order valence-corrected chi connectivity index (χ1v) is 10.9. The van der Waals surface area contributed by atoms with Gasteiger partial charge in [-0.05, 0) is 68.5 Å². The zero-order valence-corrected chi connectivity index (χ0v) is 18.2. The highest BCUT2D eigenvalue weighted by Gasteiger charge is 2.53. The molecule has 0 amide bonds. The summed E-state index contributed by atoms with van der Waals surface area (Å²) in [7, 11) is 2.30. The highest BCUT2D eigenvalue weighted by Crippen LogP contribution is 2.55. The van der Waals surface area contributed by atoms with Gasteiger partial charge in [0.25, 0.3) is 0 Å². The third-order valence-corrected chi connectivity index (χ3v) is 7.38. The molecule has 1 aromatic carbocycles. The van der Waals surface area contributed by atoms with Crippen molar-refractivity contribution in [3.05, 3.63) is 29.3 Å². The van der Waals surface area contributed by atoms with Gasteiger partial charge in [-0.2, -0.15) is 0 Å². The lowest BCUT2D eigenvalue weighted by atomic mass is 9.52. The maximum atomic E-state index is 10.3. The van der Waals surface area contributed by atoms with Crippen LogP contribution >= 0.6 is 0 Å². The predicted octanol–water partition coefficient (Wildman–Crippen LogP) is 1.83. The van der Waals surface area contributed by atoms with Gasteiger partial charge < -0.3 is 30.4 Å². The second-order valence-corrected chi connectivity index (χ2v) is 9.33. The van der Waals surface area contributed by atoms with E-state index in [0.717, 1.165) is 12.0 Å². The van der Waals surface area contributed by atoms with E-state index < -0.39 is 36.4 Å². The van der Waals surface area contributed by atoms with Gasteiger partial charge in [-0.1, -0.05) is 18.9 Å². The molecule has 2 fully saturated rings. The van der Waals surface area contributed by atoms with Crippen LogP contribution in [-0.4, -0.2) is 73.6 Å². The van der Waals surface area contributed by atoms with E-state index in [9.17, 15) is 19.5 Å². The van der Waals surface area contributed by atoms with Crippen molar-refractivity contribution in [3.63, 3.8) is 0 Å². The van der Waals surface area contributed by atoms with Gasteiger partial charge in [-0.15, -0.1) is 0 Å². The van der Waals surface area contributed by atoms with Crippen molar-refractivity contribution >= 4 is 17.9 Å². The average Bonchev–Trinajstić information content (AvgIpc) is 2.70. The molecule has 4 rings (SSSR count). The number of rotatable bonds is 5. The lowest BCUT2D eigenvalue weighted by Crippen LogP contribution is -2.59. The molecular weight excluding hydrogens is 418 g/mol. The van der Waals surface area contributed by atoms with Crippen LogP contribution in [0.5, 0.6) is 5.75 Å². The molecule has 0 radical (unpaired) electrons. The molecule has 1 aliphatic heterocycles. The Morgan fingerprint density at radius 2 is 1.75 bits per heavy atom. The molecule has 1 heterocycles. The van der Waals surface area contributed by atoms with E-state index in [-0.39, 0.29) is 0 Å². The highest BCUT2D eigenvalue weighted by atomic mass is 16.4. The predicted molar refractivity (Wildman–Crippen MR) is 114 cm³/mol. The molecule has 0 aromatic heterocycles. The van der Waals surface area contributed by atoms with Gasteiger partial charge in [-0.25, -0.2) is 4.79 Å². The molecule has 1 unspecified atom stereocenters. The van der Waals surface area contributed by atoms with Crippen molar-refractivity contribution in [2.45, 2.75) is 68.4 Å². The number of aliphatic carboxylic acids is 3. The Kier molecular flexibility index (Phi) is 6.80. The third-order valence-electron chi connectivity index (χ3n) is 7.38. The van der Waals surface area contributed by atoms with E-state index in [1.54, 1.807) is 0 Å². The number of benzene rings is 1. The van der Waals surface area contributed by atoms with Crippen LogP contribution in [0.15, 0.2) is 18.2 Å². The zero-order chi connectivity index (χ0) is 23.7. The van der Waals surface area contributed by atoms with Gasteiger partial charge in [0.2, 0.25) is 0 Å². The number of phenols is 1. The van der Waals surface area contributed by atoms with Crippen LogP contribution in [0.4, 0.5) is 0 Å². The van der Waals surface area contributed by atoms with E-state index in [2.05, 4.69) is 24.1 Å². The summed E-state index contributed by atoms with van der Waals surface area (Å²) in [5.41, 5.74) is 0.619. The monoisotopic (exact) mass is 449 g/mol. The van der Waals surface area contributed by atoms with Crippen molar-refractivity contribution in [2.75, 3.05) is 13.6 Å². The number of hydrogen-bond acceptors (Lipinski definition) is 6. The largest absolute Gasteiger partial charge is 0.508 e. The molecule has 2 aliphatic carbocycles. The Bertz CT molecular complexity index is 884. The number of likely N-dealkylation sites (tertiary alicyclic amines) is 1. The number of likely N-dealkylation sites (N-methyl/N-ethyl adjacent to an activating group) is 1. The molecule has 3 aliphatic rings. The number of fused-ring (bicyclic) bond motifs is 1. The van der Waals surface area contributed by atoms with Crippen molar-refractivity contribution in [1.29, 1.82) is 0 Å². The van der Waals surface area contributed by atoms with Crippen LogP contribution in [0.2, 0.25) is 0 Å². The Morgan fingerprint density at radius 3 is 2.34 bits per heavy atom. The van der Waals surface area contributed by atoms with Crippen LogP contribution < -0.4 is 0 Å². The highest BCUT2D eigenvalue weighted by molar-refractivity contribution is 5.88. The van der Waals surface area contributed by atoms with Gasteiger partial charge in [0, 0.05) is 11.5 Å². The van der Waals surface area contributed by atoms with Crippen LogP contribution in [-0.2, 0) is 26.2 Å². The molecule has 9 heteroatoms. The molecule has 1 saturated carbocycles. The average molecular weight is 450 g/mol. The first-order valence-electron chi connectivity index (χ1n) is 10.9. The minimum Gasteiger partial charge on any atom is -0.508 e. The molecule has 1 aromatic rings. The van der Waals surface area contributed by atoms with Gasteiger partial charge in [0.05, 0.1) is 12.8 Å². The summed E-state index contributed by atoms with van der Waals surface area (Å²) in [5.74, 6) is -3.75. The van der Waals surface area contributed by atoms with Crippen LogP contribution in [0, 0.1) is 5.92 Å². The Morgan fingerprint density at radius 1 is 1.09 bits per heavy atom. The molecule has 9 nitrogen and oxygen atoms in total. The molecule has 5 N–H and O–H groups in total. The number of carboxylic acid groups (broad SMARTS) is 3. The summed E-state index contributed by atoms with van der Waals surface area (Å²) >= 11 is 0. The number of aromatic hydroxyl groups is 1. The summed E-state index contributed by atoms with van der Waals surface area (Å²) in [5, 5.41) is 43.7. The molecule has 32 heavy (non-hydrogen) atoms. The number of phenolic OH excluding ortho intramolecular Hbond substituents is 1. The minimum absolute atomic E-state index is 0.377. The maximum absolute atomic E-state index is 10.3. The SMILES string of the molecule is CN1CCC23CCCC[C@@H]2[C@@H]1Cc1ccc(O)cc13.O=C(O)CC(O)(CC(=O)O)C(=O)O. The topological polar surface area (TPSA) is 156 Å². The summed E-state index contributed by atoms with van der Waals surface area (Å²) in [6.45, 7) is 1.22. The quantitative estimate of drug-likeness (QED) is 0.452. The van der Waals surface area contributed by atoms with Crippen molar-refractivity contribution in [1.82, 2.24) is 4.90 Å². The van der Waals surface area contributed by atoms with E-state index in [1.807, 2.05) is 6.07 Å². The van der Waals surface area contributed by atoms with Gasteiger partial charge in [0.1, 0.15) is 5.75 Å². The second kappa shape index (κ2) is 9.07. The van der Waals surface area contributed by atoms with Crippen LogP contribution in [0.3, 0.4) is 0 Å². The van der Waals surface area contributed by atoms with Crippen molar-refractivity contribution in [3.8, 4) is 5.75 Å². The second-order valence-electron chi connectivity index (χ2n) is 9.33. The maximum Gasteiger partial charge on any atom is 0.336 e. The standard InChI is InChI=1S/C17H23NO.C6H8O7/c1-18-9-8-17-7-3-2-4-14(17)16(18)10-12-5-6-13(19)11-15(12)17;7-3(8)1-6(13,5(11)12)2-4(9)10/h5-6,11,14,16,19H,2-4,7-10H2,1H3;13H,1-2H2,(H,7,8)(H,9,10)(H,11,12)/t14-,16+,17?;/m1./s1. The Labute approximate surface area is 186 Å².